The van der Waals surface area contributed by atoms with Crippen LogP contribution in [0.5, 0.6) is 0 Å². The van der Waals surface area contributed by atoms with E-state index in [9.17, 15) is 13.9 Å². The minimum Gasteiger partial charge on any atom is -0.480 e. The van der Waals surface area contributed by atoms with Crippen molar-refractivity contribution in [1.82, 2.24) is 9.57 Å². The molecule has 0 radical (unpaired) electrons. The third-order valence-electron chi connectivity index (χ3n) is 3.02. The van der Waals surface area contributed by atoms with Crippen LogP contribution in [0.25, 0.3) is 0 Å². The maximum atomic E-state index is 11.1. The maximum Gasteiger partial charge on any atom is 0.403 e. The van der Waals surface area contributed by atoms with E-state index in [1.54, 1.807) is 0 Å². The van der Waals surface area contributed by atoms with Gasteiger partial charge in [-0.05, 0) is 13.0 Å². The highest BCUT2D eigenvalue weighted by atomic mass is 31.2. The number of aliphatic carboxylic acids is 1. The van der Waals surface area contributed by atoms with E-state index in [4.69, 9.17) is 24.7 Å². The molecule has 0 saturated carbocycles. The molecule has 5 N–H and O–H groups in total. The molecule has 0 aromatic heterocycles. The van der Waals surface area contributed by atoms with Crippen molar-refractivity contribution in [2.75, 3.05) is 32.3 Å². The molecule has 1 aliphatic rings. The van der Waals surface area contributed by atoms with E-state index in [0.717, 1.165) is 4.67 Å². The Morgan fingerprint density at radius 2 is 1.75 bits per heavy atom. The average molecular weight is 332 g/mol. The van der Waals surface area contributed by atoms with Gasteiger partial charge in [-0.2, -0.15) is 0 Å². The molecule has 118 valence electrons. The van der Waals surface area contributed by atoms with Gasteiger partial charge in [-0.1, -0.05) is 0 Å². The van der Waals surface area contributed by atoms with E-state index in [-0.39, 0.29) is 38.8 Å². The van der Waals surface area contributed by atoms with Gasteiger partial charge in [0.25, 0.3) is 0 Å². The van der Waals surface area contributed by atoms with Gasteiger partial charge in [-0.3, -0.25) is 14.3 Å². The van der Waals surface area contributed by atoms with Gasteiger partial charge in [0.1, 0.15) is 6.04 Å². The van der Waals surface area contributed by atoms with Gasteiger partial charge in [0, 0.05) is 19.6 Å². The van der Waals surface area contributed by atoms with E-state index in [2.05, 4.69) is 0 Å². The first kappa shape index (κ1) is 17.7. The lowest BCUT2D eigenvalue weighted by atomic mass is 10.2. The summed E-state index contributed by atoms with van der Waals surface area (Å²) in [5, 5.41) is 9.08. The second-order valence-corrected chi connectivity index (χ2v) is 7.93. The Labute approximate surface area is 115 Å². The molecule has 1 unspecified atom stereocenters. The van der Waals surface area contributed by atoms with Crippen LogP contribution in [0.15, 0.2) is 0 Å². The summed E-state index contributed by atoms with van der Waals surface area (Å²) >= 11 is 0. The molecule has 1 fully saturated rings. The molecule has 0 amide bonds. The van der Waals surface area contributed by atoms with Crippen LogP contribution in [0.3, 0.4) is 0 Å². The van der Waals surface area contributed by atoms with Gasteiger partial charge >= 0.3 is 21.3 Å². The van der Waals surface area contributed by atoms with E-state index < -0.39 is 27.4 Å². The Morgan fingerprint density at radius 1 is 1.15 bits per heavy atom. The molecule has 1 heterocycles. The SMILES string of the molecule is O=C(O)C1CN(P(=O)(O)O)CCN1CCCP(=O)(O)O. The summed E-state index contributed by atoms with van der Waals surface area (Å²) < 4.78 is 22.6. The van der Waals surface area contributed by atoms with Crippen molar-refractivity contribution < 1.29 is 38.6 Å². The monoisotopic (exact) mass is 332 g/mol. The number of carboxylic acids is 1. The summed E-state index contributed by atoms with van der Waals surface area (Å²) in [7, 11) is -8.60. The van der Waals surface area contributed by atoms with Crippen LogP contribution in [0.4, 0.5) is 0 Å². The third kappa shape index (κ3) is 5.59. The summed E-state index contributed by atoms with van der Waals surface area (Å²) in [6.45, 7) is -0.0558. The molecular formula is C8H18N2O8P2. The van der Waals surface area contributed by atoms with Crippen molar-refractivity contribution in [3.8, 4) is 0 Å². The fraction of sp³-hybridized carbons (Fsp3) is 0.875. The quantitative estimate of drug-likeness (QED) is 0.371. The topological polar surface area (TPSA) is 159 Å². The second kappa shape index (κ2) is 6.64. The van der Waals surface area contributed by atoms with Crippen LogP contribution < -0.4 is 0 Å². The molecule has 0 spiro atoms. The maximum absolute atomic E-state index is 11.1. The number of hydrogen-bond donors (Lipinski definition) is 5. The molecule has 0 aromatic carbocycles. The van der Waals surface area contributed by atoms with Crippen LogP contribution in [-0.4, -0.2) is 78.6 Å². The minimum absolute atomic E-state index is 0.00394. The third-order valence-corrected chi connectivity index (χ3v) is 5.02. The van der Waals surface area contributed by atoms with Crippen LogP contribution >= 0.6 is 15.3 Å². The molecule has 12 heteroatoms. The molecule has 1 atom stereocenters. The standard InChI is InChI=1S/C8H18N2O8P2/c11-8(12)7-6-10(20(16,17)18)4-3-9(7)2-1-5-19(13,14)15/h7H,1-6H2,(H,11,12)(H2,13,14,15)(H2,16,17,18). The number of piperazine rings is 1. The van der Waals surface area contributed by atoms with Gasteiger partial charge in [0.15, 0.2) is 0 Å². The zero-order chi connectivity index (χ0) is 15.6. The molecular weight excluding hydrogens is 314 g/mol. The predicted octanol–water partition coefficient (Wildman–Crippen LogP) is -1.28. The number of nitrogens with zero attached hydrogens (tertiary/aromatic N) is 2. The van der Waals surface area contributed by atoms with E-state index >= 15 is 0 Å². The van der Waals surface area contributed by atoms with Crippen molar-refractivity contribution in [1.29, 1.82) is 0 Å². The highest BCUT2D eigenvalue weighted by Crippen LogP contribution is 2.41. The minimum atomic E-state index is -4.48. The number of carbonyl (C=O) groups is 1. The number of rotatable bonds is 6. The number of hydrogen-bond acceptors (Lipinski definition) is 4. The Balaban J connectivity index is 2.62. The number of carboxylic acid groups (broad SMARTS) is 1. The summed E-state index contributed by atoms with van der Waals surface area (Å²) in [5.41, 5.74) is 0. The van der Waals surface area contributed by atoms with E-state index in [1.807, 2.05) is 0 Å². The Kier molecular flexibility index (Phi) is 5.89. The van der Waals surface area contributed by atoms with Crippen molar-refractivity contribution >= 4 is 21.3 Å². The van der Waals surface area contributed by atoms with E-state index in [0.29, 0.717) is 0 Å². The van der Waals surface area contributed by atoms with Gasteiger partial charge in [-0.25, -0.2) is 9.24 Å². The lowest BCUT2D eigenvalue weighted by Gasteiger charge is -2.39. The molecule has 0 aromatic rings. The Morgan fingerprint density at radius 3 is 2.20 bits per heavy atom. The first-order valence-electron chi connectivity index (χ1n) is 5.83. The van der Waals surface area contributed by atoms with Gasteiger partial charge in [-0.15, -0.1) is 0 Å². The molecule has 1 saturated heterocycles. The predicted molar refractivity (Wildman–Crippen MR) is 68.1 cm³/mol. The van der Waals surface area contributed by atoms with Crippen molar-refractivity contribution in [2.24, 2.45) is 0 Å². The molecule has 10 nitrogen and oxygen atoms in total. The molecule has 1 rings (SSSR count). The van der Waals surface area contributed by atoms with Gasteiger partial charge in [0.05, 0.1) is 6.16 Å². The fourth-order valence-electron chi connectivity index (χ4n) is 2.02. The van der Waals surface area contributed by atoms with Crippen LogP contribution in [0, 0.1) is 0 Å². The van der Waals surface area contributed by atoms with Crippen molar-refractivity contribution in [2.45, 2.75) is 12.5 Å². The smallest absolute Gasteiger partial charge is 0.403 e. The fourth-order valence-corrected chi connectivity index (χ4v) is 3.30. The molecule has 0 aliphatic carbocycles. The summed E-state index contributed by atoms with van der Waals surface area (Å²) in [6, 6.07) is -1.10. The van der Waals surface area contributed by atoms with E-state index in [1.165, 1.54) is 4.90 Å². The Bertz CT molecular complexity index is 444. The lowest BCUT2D eigenvalue weighted by Crippen LogP contribution is -2.55. The highest BCUT2D eigenvalue weighted by Gasteiger charge is 2.38. The molecule has 20 heavy (non-hydrogen) atoms. The summed E-state index contributed by atoms with van der Waals surface area (Å²) in [6.07, 6.45) is -0.234. The molecule has 1 aliphatic heterocycles. The highest BCUT2D eigenvalue weighted by molar-refractivity contribution is 7.51. The zero-order valence-corrected chi connectivity index (χ0v) is 12.4. The second-order valence-electron chi connectivity index (χ2n) is 4.56. The lowest BCUT2D eigenvalue weighted by molar-refractivity contribution is -0.145. The first-order valence-corrected chi connectivity index (χ1v) is 9.19. The molecule has 0 bridgehead atoms. The average Bonchev–Trinajstić information content (AvgIpc) is 2.25. The van der Waals surface area contributed by atoms with Crippen LogP contribution in [-0.2, 0) is 13.9 Å². The van der Waals surface area contributed by atoms with Gasteiger partial charge in [0.2, 0.25) is 0 Å². The first-order chi connectivity index (χ1) is 9.00. The van der Waals surface area contributed by atoms with Gasteiger partial charge < -0.3 is 24.7 Å². The zero-order valence-electron chi connectivity index (χ0n) is 10.6. The van der Waals surface area contributed by atoms with Crippen LogP contribution in [0.2, 0.25) is 0 Å². The summed E-state index contributed by atoms with van der Waals surface area (Å²) in [5.74, 6) is -1.22. The van der Waals surface area contributed by atoms with Crippen molar-refractivity contribution in [3.05, 3.63) is 0 Å². The summed E-state index contributed by atoms with van der Waals surface area (Å²) in [4.78, 5) is 48.1. The largest absolute Gasteiger partial charge is 0.480 e. The van der Waals surface area contributed by atoms with Crippen molar-refractivity contribution in [3.63, 3.8) is 0 Å². The van der Waals surface area contributed by atoms with Crippen LogP contribution in [0.1, 0.15) is 6.42 Å². The Hall–Kier alpha value is -0.310. The normalized spacial score (nSPS) is 22.9.